The molecule has 21 heavy (non-hydrogen) atoms. The van der Waals surface area contributed by atoms with Crippen molar-refractivity contribution in [1.29, 1.82) is 0 Å². The SMILES string of the molecule is OCC1O[C@H](OC2[C@@H](O)CO[C@@H](O)[C@H]2O)C(O)[C@@H](O)[C@H]1O. The van der Waals surface area contributed by atoms with Crippen molar-refractivity contribution in [1.82, 2.24) is 0 Å². The fourth-order valence-corrected chi connectivity index (χ4v) is 2.29. The molecule has 2 fully saturated rings. The zero-order chi connectivity index (χ0) is 15.7. The molecule has 2 aliphatic heterocycles. The Morgan fingerprint density at radius 1 is 0.905 bits per heavy atom. The van der Waals surface area contributed by atoms with Crippen LogP contribution >= 0.6 is 0 Å². The Kier molecular flexibility index (Phi) is 5.48. The summed E-state index contributed by atoms with van der Waals surface area (Å²) in [4.78, 5) is 0. The predicted molar refractivity (Wildman–Crippen MR) is 62.6 cm³/mol. The number of aliphatic hydroxyl groups excluding tert-OH is 7. The molecule has 0 aromatic carbocycles. The summed E-state index contributed by atoms with van der Waals surface area (Å²) in [7, 11) is 0. The van der Waals surface area contributed by atoms with Gasteiger partial charge in [0, 0.05) is 0 Å². The van der Waals surface area contributed by atoms with Crippen molar-refractivity contribution >= 4 is 0 Å². The Labute approximate surface area is 119 Å². The third kappa shape index (κ3) is 3.35. The van der Waals surface area contributed by atoms with Crippen LogP contribution in [0.5, 0.6) is 0 Å². The lowest BCUT2D eigenvalue weighted by Gasteiger charge is -2.43. The van der Waals surface area contributed by atoms with Gasteiger partial charge in [0.25, 0.3) is 0 Å². The predicted octanol–water partition coefficient (Wildman–Crippen LogP) is -4.76. The highest BCUT2D eigenvalue weighted by molar-refractivity contribution is 4.91. The molecule has 2 heterocycles. The van der Waals surface area contributed by atoms with E-state index in [4.69, 9.17) is 14.6 Å². The lowest BCUT2D eigenvalue weighted by molar-refractivity contribution is -0.345. The molecular formula is C11H20O10. The summed E-state index contributed by atoms with van der Waals surface area (Å²) < 4.78 is 15.0. The molecule has 0 aromatic heterocycles. The van der Waals surface area contributed by atoms with Crippen LogP contribution in [0.3, 0.4) is 0 Å². The summed E-state index contributed by atoms with van der Waals surface area (Å²) in [6.07, 6.45) is -13.3. The van der Waals surface area contributed by atoms with Gasteiger partial charge in [-0.2, -0.15) is 0 Å². The molecule has 2 aliphatic rings. The van der Waals surface area contributed by atoms with E-state index in [1.165, 1.54) is 0 Å². The second kappa shape index (κ2) is 6.79. The first-order chi connectivity index (χ1) is 9.86. The van der Waals surface area contributed by atoms with Crippen molar-refractivity contribution in [3.05, 3.63) is 0 Å². The normalized spacial score (nSPS) is 51.9. The van der Waals surface area contributed by atoms with E-state index in [1.54, 1.807) is 0 Å². The van der Waals surface area contributed by atoms with Crippen LogP contribution < -0.4 is 0 Å². The molecule has 0 radical (unpaired) electrons. The summed E-state index contributed by atoms with van der Waals surface area (Å²) in [5, 5.41) is 66.8. The van der Waals surface area contributed by atoms with E-state index in [-0.39, 0.29) is 6.61 Å². The Hall–Kier alpha value is -0.400. The molecule has 7 N–H and O–H groups in total. The molecule has 2 rings (SSSR count). The molecule has 9 atom stereocenters. The summed E-state index contributed by atoms with van der Waals surface area (Å²) >= 11 is 0. The number of aliphatic hydroxyl groups is 7. The molecular weight excluding hydrogens is 292 g/mol. The van der Waals surface area contributed by atoms with Crippen LogP contribution in [0.15, 0.2) is 0 Å². The largest absolute Gasteiger partial charge is 0.394 e. The third-order valence-corrected chi connectivity index (χ3v) is 3.59. The van der Waals surface area contributed by atoms with Crippen LogP contribution in [0.25, 0.3) is 0 Å². The molecule has 2 saturated heterocycles. The molecule has 0 bridgehead atoms. The number of ether oxygens (including phenoxy) is 3. The Morgan fingerprint density at radius 3 is 2.19 bits per heavy atom. The second-order valence-corrected chi connectivity index (χ2v) is 5.08. The van der Waals surface area contributed by atoms with E-state index < -0.39 is 61.9 Å². The summed E-state index contributed by atoms with van der Waals surface area (Å²) in [5.41, 5.74) is 0. The fourth-order valence-electron chi connectivity index (χ4n) is 2.29. The van der Waals surface area contributed by atoms with Gasteiger partial charge in [-0.05, 0) is 0 Å². The minimum absolute atomic E-state index is 0.305. The van der Waals surface area contributed by atoms with E-state index in [1.807, 2.05) is 0 Å². The van der Waals surface area contributed by atoms with Gasteiger partial charge in [-0.25, -0.2) is 0 Å². The van der Waals surface area contributed by atoms with E-state index in [0.717, 1.165) is 0 Å². The van der Waals surface area contributed by atoms with Gasteiger partial charge in [0.15, 0.2) is 12.6 Å². The minimum Gasteiger partial charge on any atom is -0.394 e. The monoisotopic (exact) mass is 312 g/mol. The van der Waals surface area contributed by atoms with Gasteiger partial charge >= 0.3 is 0 Å². The molecule has 10 nitrogen and oxygen atoms in total. The molecule has 124 valence electrons. The number of hydrogen-bond acceptors (Lipinski definition) is 10. The van der Waals surface area contributed by atoms with Gasteiger partial charge in [-0.15, -0.1) is 0 Å². The summed E-state index contributed by atoms with van der Waals surface area (Å²) in [5.74, 6) is 0. The van der Waals surface area contributed by atoms with Crippen molar-refractivity contribution in [3.63, 3.8) is 0 Å². The lowest BCUT2D eigenvalue weighted by atomic mass is 9.98. The van der Waals surface area contributed by atoms with Crippen molar-refractivity contribution in [2.75, 3.05) is 13.2 Å². The molecule has 3 unspecified atom stereocenters. The maximum Gasteiger partial charge on any atom is 0.187 e. The average Bonchev–Trinajstić information content (AvgIpc) is 2.47. The van der Waals surface area contributed by atoms with Gasteiger partial charge in [0.1, 0.15) is 42.7 Å². The molecule has 0 saturated carbocycles. The Morgan fingerprint density at radius 2 is 1.57 bits per heavy atom. The van der Waals surface area contributed by atoms with Crippen molar-refractivity contribution in [2.45, 2.75) is 55.3 Å². The van der Waals surface area contributed by atoms with Gasteiger partial charge in [-0.3, -0.25) is 0 Å². The van der Waals surface area contributed by atoms with E-state index in [2.05, 4.69) is 4.74 Å². The minimum atomic E-state index is -1.66. The van der Waals surface area contributed by atoms with Crippen molar-refractivity contribution in [3.8, 4) is 0 Å². The molecule has 0 aromatic rings. The fraction of sp³-hybridized carbons (Fsp3) is 1.00. The van der Waals surface area contributed by atoms with Gasteiger partial charge in [0.2, 0.25) is 0 Å². The Bertz CT molecular complexity index is 339. The van der Waals surface area contributed by atoms with Gasteiger partial charge < -0.3 is 50.0 Å². The van der Waals surface area contributed by atoms with E-state index in [0.29, 0.717) is 0 Å². The standard InChI is InChI=1S/C11H20O10/c12-1-4-5(14)6(15)7(16)11(20-4)21-9-3(13)2-19-10(18)8(9)17/h3-18H,1-2H2/t3-,4?,5-,6-,7?,8-,9?,10+,11+/m0/s1. The van der Waals surface area contributed by atoms with Crippen LogP contribution in [-0.2, 0) is 14.2 Å². The highest BCUT2D eigenvalue weighted by atomic mass is 16.7. The number of hydrogen-bond donors (Lipinski definition) is 7. The first kappa shape index (κ1) is 17.0. The van der Waals surface area contributed by atoms with Crippen LogP contribution in [0, 0.1) is 0 Å². The lowest BCUT2D eigenvalue weighted by Crippen LogP contribution is -2.62. The van der Waals surface area contributed by atoms with Crippen molar-refractivity contribution < 1.29 is 50.0 Å². The highest BCUT2D eigenvalue weighted by Gasteiger charge is 2.48. The van der Waals surface area contributed by atoms with Crippen LogP contribution in [-0.4, -0.2) is 104 Å². The molecule has 0 spiro atoms. The molecule has 0 amide bonds. The second-order valence-electron chi connectivity index (χ2n) is 5.08. The number of rotatable bonds is 3. The van der Waals surface area contributed by atoms with E-state index >= 15 is 0 Å². The van der Waals surface area contributed by atoms with Gasteiger partial charge in [-0.1, -0.05) is 0 Å². The first-order valence-corrected chi connectivity index (χ1v) is 6.48. The van der Waals surface area contributed by atoms with Gasteiger partial charge in [0.05, 0.1) is 13.2 Å². The maximum absolute atomic E-state index is 9.79. The van der Waals surface area contributed by atoms with Crippen LogP contribution in [0.1, 0.15) is 0 Å². The quantitative estimate of drug-likeness (QED) is 0.268. The molecule has 0 aliphatic carbocycles. The average molecular weight is 312 g/mol. The zero-order valence-electron chi connectivity index (χ0n) is 11.0. The third-order valence-electron chi connectivity index (χ3n) is 3.59. The topological polar surface area (TPSA) is 169 Å². The maximum atomic E-state index is 9.79. The van der Waals surface area contributed by atoms with E-state index in [9.17, 15) is 30.6 Å². The summed E-state index contributed by atoms with van der Waals surface area (Å²) in [6.45, 7) is -0.938. The zero-order valence-corrected chi connectivity index (χ0v) is 11.0. The Balaban J connectivity index is 2.06. The molecule has 10 heteroatoms. The smallest absolute Gasteiger partial charge is 0.187 e. The first-order valence-electron chi connectivity index (χ1n) is 6.48. The van der Waals surface area contributed by atoms with Crippen molar-refractivity contribution in [2.24, 2.45) is 0 Å². The van der Waals surface area contributed by atoms with Crippen LogP contribution in [0.4, 0.5) is 0 Å². The summed E-state index contributed by atoms with van der Waals surface area (Å²) in [6, 6.07) is 0. The highest BCUT2D eigenvalue weighted by Crippen LogP contribution is 2.26. The van der Waals surface area contributed by atoms with Crippen LogP contribution in [0.2, 0.25) is 0 Å².